The summed E-state index contributed by atoms with van der Waals surface area (Å²) in [5.74, 6) is -1.29. The largest absolute Gasteiger partial charge is 0.481 e. The molecule has 0 aliphatic heterocycles. The van der Waals surface area contributed by atoms with Crippen molar-refractivity contribution in [3.05, 3.63) is 17.8 Å². The molecular formula is C10H14N2O4. The lowest BCUT2D eigenvalue weighted by atomic mass is 10.2. The maximum absolute atomic E-state index is 11.4. The molecule has 6 heteroatoms. The quantitative estimate of drug-likeness (QED) is 0.756. The third-order valence-electron chi connectivity index (χ3n) is 2.04. The first-order chi connectivity index (χ1) is 7.49. The number of aromatic nitrogens is 1. The van der Waals surface area contributed by atoms with Crippen LogP contribution in [0.15, 0.2) is 10.7 Å². The molecule has 1 heterocycles. The van der Waals surface area contributed by atoms with E-state index >= 15 is 0 Å². The Kier molecular flexibility index (Phi) is 4.04. The number of hydrogen-bond donors (Lipinski definition) is 2. The van der Waals surface area contributed by atoms with Crippen molar-refractivity contribution in [2.24, 2.45) is 5.92 Å². The third kappa shape index (κ3) is 3.72. The molecule has 1 aromatic rings. The van der Waals surface area contributed by atoms with E-state index < -0.39 is 11.9 Å². The van der Waals surface area contributed by atoms with Crippen LogP contribution in [0.2, 0.25) is 0 Å². The van der Waals surface area contributed by atoms with Gasteiger partial charge < -0.3 is 14.8 Å². The van der Waals surface area contributed by atoms with Crippen molar-refractivity contribution in [1.82, 2.24) is 10.3 Å². The van der Waals surface area contributed by atoms with Crippen LogP contribution in [-0.4, -0.2) is 28.5 Å². The highest BCUT2D eigenvalue weighted by Gasteiger charge is 2.13. The van der Waals surface area contributed by atoms with Crippen molar-refractivity contribution in [3.63, 3.8) is 0 Å². The smallest absolute Gasteiger partial charge is 0.308 e. The van der Waals surface area contributed by atoms with Crippen molar-refractivity contribution < 1.29 is 19.1 Å². The SMILES string of the molecule is Cc1nc(CC(=O)NCC(C)C(=O)O)co1. The molecule has 16 heavy (non-hydrogen) atoms. The summed E-state index contributed by atoms with van der Waals surface area (Å²) in [6, 6.07) is 0. The lowest BCUT2D eigenvalue weighted by molar-refractivity contribution is -0.141. The van der Waals surface area contributed by atoms with Gasteiger partial charge in [-0.05, 0) is 0 Å². The maximum atomic E-state index is 11.4. The summed E-state index contributed by atoms with van der Waals surface area (Å²) in [5.41, 5.74) is 0.540. The molecule has 0 radical (unpaired) electrons. The van der Waals surface area contributed by atoms with Gasteiger partial charge >= 0.3 is 5.97 Å². The molecule has 1 atom stereocenters. The lowest BCUT2D eigenvalue weighted by Crippen LogP contribution is -2.32. The van der Waals surface area contributed by atoms with Crippen LogP contribution in [0, 0.1) is 12.8 Å². The highest BCUT2D eigenvalue weighted by atomic mass is 16.4. The maximum Gasteiger partial charge on any atom is 0.308 e. The zero-order valence-corrected chi connectivity index (χ0v) is 9.19. The predicted molar refractivity (Wildman–Crippen MR) is 54.8 cm³/mol. The minimum absolute atomic E-state index is 0.101. The molecule has 0 aliphatic rings. The van der Waals surface area contributed by atoms with Gasteiger partial charge in [0.2, 0.25) is 5.91 Å². The van der Waals surface area contributed by atoms with Gasteiger partial charge in [-0.2, -0.15) is 0 Å². The summed E-state index contributed by atoms with van der Waals surface area (Å²) in [6.07, 6.45) is 1.51. The predicted octanol–water partition coefficient (Wildman–Crippen LogP) is 0.362. The summed E-state index contributed by atoms with van der Waals surface area (Å²) >= 11 is 0. The van der Waals surface area contributed by atoms with Gasteiger partial charge in [-0.3, -0.25) is 9.59 Å². The molecule has 1 amide bonds. The van der Waals surface area contributed by atoms with Gasteiger partial charge in [0.15, 0.2) is 5.89 Å². The number of carbonyl (C=O) groups excluding carboxylic acids is 1. The number of hydrogen-bond acceptors (Lipinski definition) is 4. The van der Waals surface area contributed by atoms with E-state index in [2.05, 4.69) is 10.3 Å². The van der Waals surface area contributed by atoms with E-state index in [9.17, 15) is 9.59 Å². The average Bonchev–Trinajstić information content (AvgIpc) is 2.60. The molecule has 1 rings (SSSR count). The van der Waals surface area contributed by atoms with E-state index in [1.807, 2.05) is 0 Å². The molecule has 0 aliphatic carbocycles. The molecule has 88 valence electrons. The van der Waals surface area contributed by atoms with E-state index in [0.29, 0.717) is 11.6 Å². The molecule has 6 nitrogen and oxygen atoms in total. The number of aliphatic carboxylic acids is 1. The number of oxazole rings is 1. The summed E-state index contributed by atoms with van der Waals surface area (Å²) in [6.45, 7) is 3.34. The Balaban J connectivity index is 2.34. The lowest BCUT2D eigenvalue weighted by Gasteiger charge is -2.07. The summed E-state index contributed by atoms with van der Waals surface area (Å²) in [7, 11) is 0. The molecule has 1 aromatic heterocycles. The Morgan fingerprint density at radius 3 is 2.81 bits per heavy atom. The Hall–Kier alpha value is -1.85. The van der Waals surface area contributed by atoms with Gasteiger partial charge in [0.05, 0.1) is 18.0 Å². The van der Waals surface area contributed by atoms with Crippen LogP contribution < -0.4 is 5.32 Å². The molecular weight excluding hydrogens is 212 g/mol. The van der Waals surface area contributed by atoms with E-state index in [4.69, 9.17) is 9.52 Å². The number of rotatable bonds is 5. The fraction of sp³-hybridized carbons (Fsp3) is 0.500. The van der Waals surface area contributed by atoms with Crippen LogP contribution in [0.5, 0.6) is 0 Å². The highest BCUT2D eigenvalue weighted by Crippen LogP contribution is 2.01. The van der Waals surface area contributed by atoms with Gasteiger partial charge in [0, 0.05) is 13.5 Å². The Morgan fingerprint density at radius 1 is 1.62 bits per heavy atom. The number of carboxylic acids is 1. The molecule has 0 aromatic carbocycles. The Morgan fingerprint density at radius 2 is 2.31 bits per heavy atom. The van der Waals surface area contributed by atoms with E-state index in [1.165, 1.54) is 13.2 Å². The number of carboxylic acid groups (broad SMARTS) is 1. The molecule has 0 fully saturated rings. The van der Waals surface area contributed by atoms with Crippen LogP contribution in [-0.2, 0) is 16.0 Å². The van der Waals surface area contributed by atoms with Crippen LogP contribution in [0.25, 0.3) is 0 Å². The summed E-state index contributed by atoms with van der Waals surface area (Å²) in [4.78, 5) is 25.8. The normalized spacial score (nSPS) is 12.1. The average molecular weight is 226 g/mol. The number of amides is 1. The zero-order chi connectivity index (χ0) is 12.1. The second kappa shape index (κ2) is 5.29. The van der Waals surface area contributed by atoms with Gasteiger partial charge in [-0.15, -0.1) is 0 Å². The molecule has 0 spiro atoms. The van der Waals surface area contributed by atoms with Gasteiger partial charge in [0.25, 0.3) is 0 Å². The molecule has 0 saturated carbocycles. The molecule has 2 N–H and O–H groups in total. The Bertz CT molecular complexity index is 386. The fourth-order valence-corrected chi connectivity index (χ4v) is 1.07. The monoisotopic (exact) mass is 226 g/mol. The molecule has 0 saturated heterocycles. The van der Waals surface area contributed by atoms with Gasteiger partial charge in [-0.25, -0.2) is 4.98 Å². The number of nitrogens with one attached hydrogen (secondary N) is 1. The number of nitrogens with zero attached hydrogens (tertiary/aromatic N) is 1. The summed E-state index contributed by atoms with van der Waals surface area (Å²) in [5, 5.41) is 11.1. The first kappa shape index (κ1) is 12.2. The van der Waals surface area contributed by atoms with Gasteiger partial charge in [-0.1, -0.05) is 6.92 Å². The molecule has 1 unspecified atom stereocenters. The van der Waals surface area contributed by atoms with E-state index in [1.54, 1.807) is 6.92 Å². The Labute approximate surface area is 92.7 Å². The number of carbonyl (C=O) groups is 2. The second-order valence-electron chi connectivity index (χ2n) is 3.58. The number of aryl methyl sites for hydroxylation is 1. The van der Waals surface area contributed by atoms with Crippen LogP contribution in [0.3, 0.4) is 0 Å². The van der Waals surface area contributed by atoms with Crippen molar-refractivity contribution in [2.75, 3.05) is 6.54 Å². The third-order valence-corrected chi connectivity index (χ3v) is 2.04. The topological polar surface area (TPSA) is 92.4 Å². The zero-order valence-electron chi connectivity index (χ0n) is 9.19. The minimum Gasteiger partial charge on any atom is -0.481 e. The summed E-state index contributed by atoms with van der Waals surface area (Å²) < 4.78 is 4.94. The van der Waals surface area contributed by atoms with Crippen LogP contribution >= 0.6 is 0 Å². The first-order valence-corrected chi connectivity index (χ1v) is 4.89. The highest BCUT2D eigenvalue weighted by molar-refractivity contribution is 5.79. The van der Waals surface area contributed by atoms with Crippen LogP contribution in [0.4, 0.5) is 0 Å². The fourth-order valence-electron chi connectivity index (χ4n) is 1.07. The van der Waals surface area contributed by atoms with Gasteiger partial charge in [0.1, 0.15) is 6.26 Å². The van der Waals surface area contributed by atoms with E-state index in [-0.39, 0.29) is 18.9 Å². The van der Waals surface area contributed by atoms with Crippen molar-refractivity contribution in [3.8, 4) is 0 Å². The standard InChI is InChI=1S/C10H14N2O4/c1-6(10(14)15)4-11-9(13)3-8-5-16-7(2)12-8/h5-6H,3-4H2,1-2H3,(H,11,13)(H,14,15). The minimum atomic E-state index is -0.933. The second-order valence-corrected chi connectivity index (χ2v) is 3.58. The van der Waals surface area contributed by atoms with Crippen molar-refractivity contribution in [2.45, 2.75) is 20.3 Å². The van der Waals surface area contributed by atoms with E-state index in [0.717, 1.165) is 0 Å². The van der Waals surface area contributed by atoms with Crippen molar-refractivity contribution in [1.29, 1.82) is 0 Å². The first-order valence-electron chi connectivity index (χ1n) is 4.89. The molecule has 0 bridgehead atoms. The van der Waals surface area contributed by atoms with Crippen LogP contribution in [0.1, 0.15) is 18.5 Å². The van der Waals surface area contributed by atoms with Crippen molar-refractivity contribution >= 4 is 11.9 Å².